The lowest BCUT2D eigenvalue weighted by Crippen LogP contribution is -1.95. The average Bonchev–Trinajstić information content (AvgIpc) is 2.09. The van der Waals surface area contributed by atoms with Crippen molar-refractivity contribution in [1.29, 1.82) is 0 Å². The summed E-state index contributed by atoms with van der Waals surface area (Å²) in [7, 11) is 0. The second-order valence-electron chi connectivity index (χ2n) is 3.60. The van der Waals surface area contributed by atoms with Crippen LogP contribution in [0.4, 0.5) is 0 Å². The minimum absolute atomic E-state index is 0.0616. The summed E-state index contributed by atoms with van der Waals surface area (Å²) in [6.45, 7) is 6.22. The fraction of sp³-hybridized carbons (Fsp3) is 0.455. The van der Waals surface area contributed by atoms with E-state index in [9.17, 15) is 0 Å². The fourth-order valence-corrected chi connectivity index (χ4v) is 1.50. The van der Waals surface area contributed by atoms with Crippen LogP contribution in [0.5, 0.6) is 0 Å². The molecule has 0 aliphatic heterocycles. The number of hydrogen-bond acceptors (Lipinski definition) is 1. The molecule has 0 aliphatic carbocycles. The Balaban J connectivity index is 3.22. The van der Waals surface area contributed by atoms with Crippen LogP contribution >= 0.6 is 11.6 Å². The number of benzene rings is 1. The van der Waals surface area contributed by atoms with Crippen LogP contribution in [0.25, 0.3) is 0 Å². The van der Waals surface area contributed by atoms with Crippen LogP contribution < -0.4 is 0 Å². The molecule has 1 N–H and O–H groups in total. The molecule has 13 heavy (non-hydrogen) atoms. The number of rotatable bonds is 2. The van der Waals surface area contributed by atoms with Crippen LogP contribution in [0, 0.1) is 6.92 Å². The van der Waals surface area contributed by atoms with Gasteiger partial charge in [0.1, 0.15) is 0 Å². The van der Waals surface area contributed by atoms with E-state index in [1.807, 2.05) is 19.1 Å². The standard InChI is InChI=1S/C11H15ClO/c1-7(2)9-4-10(6-13)8(3)11(12)5-9/h4-5,7,13H,6H2,1-3H3. The van der Waals surface area contributed by atoms with E-state index in [0.717, 1.165) is 16.1 Å². The van der Waals surface area contributed by atoms with Crippen LogP contribution in [0.1, 0.15) is 36.5 Å². The second kappa shape index (κ2) is 4.12. The molecule has 0 fully saturated rings. The zero-order valence-electron chi connectivity index (χ0n) is 8.26. The molecule has 0 saturated heterocycles. The Labute approximate surface area is 84.4 Å². The van der Waals surface area contributed by atoms with Crippen molar-refractivity contribution in [1.82, 2.24) is 0 Å². The van der Waals surface area contributed by atoms with E-state index in [4.69, 9.17) is 16.7 Å². The number of aliphatic hydroxyl groups excluding tert-OH is 1. The molecule has 0 saturated carbocycles. The first kappa shape index (κ1) is 10.6. The normalized spacial score (nSPS) is 10.9. The Hall–Kier alpha value is -0.530. The maximum atomic E-state index is 9.09. The van der Waals surface area contributed by atoms with Gasteiger partial charge in [0.05, 0.1) is 6.61 Å². The summed E-state index contributed by atoms with van der Waals surface area (Å²) in [5.74, 6) is 0.448. The lowest BCUT2D eigenvalue weighted by Gasteiger charge is -2.11. The zero-order chi connectivity index (χ0) is 10.0. The van der Waals surface area contributed by atoms with Crippen LogP contribution in [0.2, 0.25) is 5.02 Å². The first-order chi connectivity index (χ1) is 6.06. The topological polar surface area (TPSA) is 20.2 Å². The summed E-state index contributed by atoms with van der Waals surface area (Å²) >= 11 is 6.03. The molecule has 1 aromatic carbocycles. The highest BCUT2D eigenvalue weighted by atomic mass is 35.5. The minimum atomic E-state index is 0.0616. The highest BCUT2D eigenvalue weighted by Gasteiger charge is 2.06. The van der Waals surface area contributed by atoms with Gasteiger partial charge < -0.3 is 5.11 Å². The highest BCUT2D eigenvalue weighted by molar-refractivity contribution is 6.31. The van der Waals surface area contributed by atoms with Gasteiger partial charge in [0.15, 0.2) is 0 Å². The Morgan fingerprint density at radius 3 is 2.46 bits per heavy atom. The van der Waals surface area contributed by atoms with Crippen LogP contribution in [0.3, 0.4) is 0 Å². The molecular weight excluding hydrogens is 184 g/mol. The van der Waals surface area contributed by atoms with Gasteiger partial charge in [0, 0.05) is 5.02 Å². The van der Waals surface area contributed by atoms with Crippen molar-refractivity contribution in [3.8, 4) is 0 Å². The number of halogens is 1. The van der Waals surface area contributed by atoms with Crippen molar-refractivity contribution in [2.45, 2.75) is 33.3 Å². The van der Waals surface area contributed by atoms with Crippen molar-refractivity contribution in [2.75, 3.05) is 0 Å². The van der Waals surface area contributed by atoms with Gasteiger partial charge in [-0.15, -0.1) is 0 Å². The smallest absolute Gasteiger partial charge is 0.0685 e. The van der Waals surface area contributed by atoms with E-state index >= 15 is 0 Å². The molecule has 72 valence electrons. The molecular formula is C11H15ClO. The Kier molecular flexibility index (Phi) is 3.34. The van der Waals surface area contributed by atoms with Gasteiger partial charge in [-0.05, 0) is 35.6 Å². The lowest BCUT2D eigenvalue weighted by atomic mass is 9.98. The maximum Gasteiger partial charge on any atom is 0.0685 e. The van der Waals surface area contributed by atoms with Crippen molar-refractivity contribution >= 4 is 11.6 Å². The summed E-state index contributed by atoms with van der Waals surface area (Å²) < 4.78 is 0. The summed E-state index contributed by atoms with van der Waals surface area (Å²) in [6.07, 6.45) is 0. The molecule has 0 spiro atoms. The van der Waals surface area contributed by atoms with Gasteiger partial charge in [-0.2, -0.15) is 0 Å². The molecule has 0 heterocycles. The average molecular weight is 199 g/mol. The second-order valence-corrected chi connectivity index (χ2v) is 4.01. The van der Waals surface area contributed by atoms with Gasteiger partial charge in [-0.3, -0.25) is 0 Å². The third-order valence-corrected chi connectivity index (χ3v) is 2.70. The molecule has 1 aromatic rings. The maximum absolute atomic E-state index is 9.09. The quantitative estimate of drug-likeness (QED) is 0.774. The Morgan fingerprint density at radius 2 is 2.00 bits per heavy atom. The van der Waals surface area contributed by atoms with Crippen molar-refractivity contribution < 1.29 is 5.11 Å². The molecule has 0 aromatic heterocycles. The van der Waals surface area contributed by atoms with E-state index in [2.05, 4.69) is 13.8 Å². The molecule has 1 rings (SSSR count). The fourth-order valence-electron chi connectivity index (χ4n) is 1.26. The van der Waals surface area contributed by atoms with Crippen molar-refractivity contribution in [3.63, 3.8) is 0 Å². The van der Waals surface area contributed by atoms with E-state index in [0.29, 0.717) is 5.92 Å². The van der Waals surface area contributed by atoms with Crippen molar-refractivity contribution in [3.05, 3.63) is 33.8 Å². The summed E-state index contributed by atoms with van der Waals surface area (Å²) in [5, 5.41) is 9.84. The zero-order valence-corrected chi connectivity index (χ0v) is 9.02. The van der Waals surface area contributed by atoms with Gasteiger partial charge in [-0.25, -0.2) is 0 Å². The third-order valence-electron chi connectivity index (χ3n) is 2.31. The highest BCUT2D eigenvalue weighted by Crippen LogP contribution is 2.25. The Morgan fingerprint density at radius 1 is 1.38 bits per heavy atom. The van der Waals surface area contributed by atoms with Gasteiger partial charge >= 0.3 is 0 Å². The van der Waals surface area contributed by atoms with Crippen molar-refractivity contribution in [2.24, 2.45) is 0 Å². The molecule has 1 nitrogen and oxygen atoms in total. The van der Waals surface area contributed by atoms with Gasteiger partial charge in [0.25, 0.3) is 0 Å². The molecule has 0 amide bonds. The summed E-state index contributed by atoms with van der Waals surface area (Å²) in [5.41, 5.74) is 3.09. The SMILES string of the molecule is Cc1c(Cl)cc(C(C)C)cc1CO. The molecule has 0 radical (unpaired) electrons. The van der Waals surface area contributed by atoms with Crippen LogP contribution in [-0.2, 0) is 6.61 Å². The third kappa shape index (κ3) is 2.23. The van der Waals surface area contributed by atoms with E-state index in [-0.39, 0.29) is 6.61 Å². The molecule has 0 bridgehead atoms. The minimum Gasteiger partial charge on any atom is -0.392 e. The number of aliphatic hydroxyl groups is 1. The van der Waals surface area contributed by atoms with Gasteiger partial charge in [0.2, 0.25) is 0 Å². The molecule has 0 atom stereocenters. The van der Waals surface area contributed by atoms with Crippen LogP contribution in [0.15, 0.2) is 12.1 Å². The summed E-state index contributed by atoms with van der Waals surface area (Å²) in [6, 6.07) is 3.99. The molecule has 2 heteroatoms. The lowest BCUT2D eigenvalue weighted by molar-refractivity contribution is 0.281. The first-order valence-electron chi connectivity index (χ1n) is 4.46. The molecule has 0 aliphatic rings. The van der Waals surface area contributed by atoms with Crippen LogP contribution in [-0.4, -0.2) is 5.11 Å². The summed E-state index contributed by atoms with van der Waals surface area (Å²) in [4.78, 5) is 0. The monoisotopic (exact) mass is 198 g/mol. The Bertz CT molecular complexity index is 305. The first-order valence-corrected chi connectivity index (χ1v) is 4.83. The molecule has 0 unspecified atom stereocenters. The predicted octanol–water partition coefficient (Wildman–Crippen LogP) is 3.26. The van der Waals surface area contributed by atoms with E-state index in [1.54, 1.807) is 0 Å². The number of hydrogen-bond donors (Lipinski definition) is 1. The van der Waals surface area contributed by atoms with E-state index in [1.165, 1.54) is 5.56 Å². The predicted molar refractivity (Wildman–Crippen MR) is 56.2 cm³/mol. The largest absolute Gasteiger partial charge is 0.392 e. The van der Waals surface area contributed by atoms with Gasteiger partial charge in [-0.1, -0.05) is 31.5 Å². The van der Waals surface area contributed by atoms with E-state index < -0.39 is 0 Å².